The molecule has 0 aliphatic carbocycles. The van der Waals surface area contributed by atoms with Crippen LogP contribution in [-0.4, -0.2) is 58.4 Å². The first-order valence-corrected chi connectivity index (χ1v) is 3.94. The van der Waals surface area contributed by atoms with Gasteiger partial charge in [0.05, 0.1) is 31.5 Å². The van der Waals surface area contributed by atoms with E-state index in [1.807, 2.05) is 0 Å². The van der Waals surface area contributed by atoms with Gasteiger partial charge in [-0.25, -0.2) is 0 Å². The molecule has 0 heterocycles. The third kappa shape index (κ3) is 3.99. The Hall–Kier alpha value is -0.200. The van der Waals surface area contributed by atoms with Crippen LogP contribution in [0.5, 0.6) is 0 Å². The maximum Gasteiger partial charge on any atom is 0.0971 e. The van der Waals surface area contributed by atoms with Crippen LogP contribution in [0.2, 0.25) is 0 Å². The van der Waals surface area contributed by atoms with Crippen molar-refractivity contribution in [3.8, 4) is 0 Å². The van der Waals surface area contributed by atoms with Gasteiger partial charge >= 0.3 is 0 Å². The fourth-order valence-electron chi connectivity index (χ4n) is 0.879. The molecule has 0 saturated carbocycles. The molecule has 0 rings (SSSR count). The number of hydrogen-bond acceptors (Lipinski definition) is 5. The van der Waals surface area contributed by atoms with Crippen LogP contribution < -0.4 is 5.32 Å². The number of hydrogen-bond donors (Lipinski definition) is 5. The van der Waals surface area contributed by atoms with Gasteiger partial charge in [-0.15, -0.1) is 0 Å². The van der Waals surface area contributed by atoms with Gasteiger partial charge in [0.15, 0.2) is 0 Å². The van der Waals surface area contributed by atoms with Gasteiger partial charge in [0, 0.05) is 6.54 Å². The summed E-state index contributed by atoms with van der Waals surface area (Å²) >= 11 is 0. The topological polar surface area (TPSA) is 93.0 Å². The molecule has 0 spiro atoms. The van der Waals surface area contributed by atoms with Crippen LogP contribution in [0.25, 0.3) is 0 Å². The normalized spacial score (nSPS) is 18.8. The van der Waals surface area contributed by atoms with Crippen LogP contribution >= 0.6 is 0 Å². The van der Waals surface area contributed by atoms with Crippen LogP contribution in [0.15, 0.2) is 0 Å². The summed E-state index contributed by atoms with van der Waals surface area (Å²) < 4.78 is 0. The van der Waals surface area contributed by atoms with E-state index < -0.39 is 18.2 Å². The van der Waals surface area contributed by atoms with Gasteiger partial charge in [-0.3, -0.25) is 0 Å². The average Bonchev–Trinajstić information content (AvgIpc) is 2.05. The monoisotopic (exact) mass is 179 g/mol. The lowest BCUT2D eigenvalue weighted by molar-refractivity contribution is -0.00774. The van der Waals surface area contributed by atoms with E-state index in [0.29, 0.717) is 0 Å². The maximum absolute atomic E-state index is 9.26. The minimum atomic E-state index is -1.01. The largest absolute Gasteiger partial charge is 0.395 e. The summed E-state index contributed by atoms with van der Waals surface area (Å²) in [4.78, 5) is 0. The third-order valence-electron chi connectivity index (χ3n) is 1.62. The highest BCUT2D eigenvalue weighted by molar-refractivity contribution is 4.78. The molecule has 74 valence electrons. The van der Waals surface area contributed by atoms with E-state index in [4.69, 9.17) is 15.3 Å². The van der Waals surface area contributed by atoms with Crippen LogP contribution in [0.1, 0.15) is 6.92 Å². The first kappa shape index (κ1) is 11.8. The second-order valence-corrected chi connectivity index (χ2v) is 2.70. The number of aliphatic hydroxyl groups is 4. The Bertz CT molecular complexity index is 110. The lowest BCUT2D eigenvalue weighted by Gasteiger charge is -2.23. The molecule has 0 amide bonds. The van der Waals surface area contributed by atoms with Crippen LogP contribution in [0.3, 0.4) is 0 Å². The van der Waals surface area contributed by atoms with E-state index in [-0.39, 0.29) is 19.8 Å². The Kier molecular flexibility index (Phi) is 6.23. The zero-order valence-electron chi connectivity index (χ0n) is 7.14. The summed E-state index contributed by atoms with van der Waals surface area (Å²) in [5.41, 5.74) is 0. The molecule has 12 heavy (non-hydrogen) atoms. The molecule has 0 unspecified atom stereocenters. The highest BCUT2D eigenvalue weighted by Crippen LogP contribution is 1.98. The summed E-state index contributed by atoms with van der Waals surface area (Å²) in [6.07, 6.45) is -1.91. The first-order valence-electron chi connectivity index (χ1n) is 3.94. The molecule has 0 bridgehead atoms. The van der Waals surface area contributed by atoms with Crippen molar-refractivity contribution >= 4 is 0 Å². The fourth-order valence-corrected chi connectivity index (χ4v) is 0.879. The number of rotatable bonds is 6. The van der Waals surface area contributed by atoms with Crippen LogP contribution in [-0.2, 0) is 0 Å². The average molecular weight is 179 g/mol. The van der Waals surface area contributed by atoms with Crippen molar-refractivity contribution in [3.63, 3.8) is 0 Å². The van der Waals surface area contributed by atoms with Gasteiger partial charge in [-0.1, -0.05) is 0 Å². The summed E-state index contributed by atoms with van der Waals surface area (Å²) in [7, 11) is 0. The van der Waals surface area contributed by atoms with E-state index in [9.17, 15) is 5.11 Å². The molecular formula is C7H17NO4. The van der Waals surface area contributed by atoms with Crippen molar-refractivity contribution in [3.05, 3.63) is 0 Å². The lowest BCUT2D eigenvalue weighted by Crippen LogP contribution is -2.48. The zero-order chi connectivity index (χ0) is 9.56. The van der Waals surface area contributed by atoms with Gasteiger partial charge in [0.25, 0.3) is 0 Å². The summed E-state index contributed by atoms with van der Waals surface area (Å²) in [6.45, 7) is 1.39. The van der Waals surface area contributed by atoms with E-state index in [2.05, 4.69) is 5.32 Å². The Morgan fingerprint density at radius 2 is 1.83 bits per heavy atom. The quantitative estimate of drug-likeness (QED) is 0.315. The van der Waals surface area contributed by atoms with Crippen LogP contribution in [0.4, 0.5) is 0 Å². The van der Waals surface area contributed by atoms with Crippen molar-refractivity contribution in [1.82, 2.24) is 5.32 Å². The molecule has 3 atom stereocenters. The smallest absolute Gasteiger partial charge is 0.0971 e. The summed E-state index contributed by atoms with van der Waals surface area (Å²) in [5.74, 6) is 0. The van der Waals surface area contributed by atoms with Crippen molar-refractivity contribution in [2.45, 2.75) is 25.2 Å². The Morgan fingerprint density at radius 3 is 2.17 bits per heavy atom. The molecule has 0 aromatic rings. The number of aliphatic hydroxyl groups excluding tert-OH is 4. The Balaban J connectivity index is 3.79. The number of nitrogens with one attached hydrogen (secondary N) is 1. The van der Waals surface area contributed by atoms with Crippen molar-refractivity contribution in [2.75, 3.05) is 19.8 Å². The Morgan fingerprint density at radius 1 is 1.25 bits per heavy atom. The van der Waals surface area contributed by atoms with Gasteiger partial charge in [0.1, 0.15) is 0 Å². The van der Waals surface area contributed by atoms with Gasteiger partial charge in [-0.2, -0.15) is 0 Å². The van der Waals surface area contributed by atoms with E-state index in [0.717, 1.165) is 0 Å². The summed E-state index contributed by atoms with van der Waals surface area (Å²) in [6, 6.07) is -0.586. The zero-order valence-corrected chi connectivity index (χ0v) is 7.14. The SMILES string of the molecule is C[C@@H](O)[C@@H](O)[C@@H](CO)NCCO. The Labute approximate surface area is 71.7 Å². The molecule has 0 aromatic carbocycles. The highest BCUT2D eigenvalue weighted by Gasteiger charge is 2.21. The fraction of sp³-hybridized carbons (Fsp3) is 1.00. The van der Waals surface area contributed by atoms with Crippen molar-refractivity contribution in [2.24, 2.45) is 0 Å². The molecule has 0 radical (unpaired) electrons. The van der Waals surface area contributed by atoms with E-state index in [1.165, 1.54) is 6.92 Å². The van der Waals surface area contributed by atoms with Gasteiger partial charge in [0.2, 0.25) is 0 Å². The lowest BCUT2D eigenvalue weighted by atomic mass is 10.1. The molecular weight excluding hydrogens is 162 g/mol. The molecule has 5 heteroatoms. The van der Waals surface area contributed by atoms with Gasteiger partial charge < -0.3 is 25.7 Å². The molecule has 0 aliphatic rings. The second-order valence-electron chi connectivity index (χ2n) is 2.70. The standard InChI is InChI=1S/C7H17NO4/c1-5(11)7(12)6(4-10)8-2-3-9/h5-12H,2-4H2,1H3/t5-,6-,7-/m1/s1. The molecule has 0 fully saturated rings. The molecule has 0 aliphatic heterocycles. The predicted molar refractivity (Wildman–Crippen MR) is 43.6 cm³/mol. The highest BCUT2D eigenvalue weighted by atomic mass is 16.3. The molecule has 0 saturated heterocycles. The van der Waals surface area contributed by atoms with Gasteiger partial charge in [-0.05, 0) is 6.92 Å². The molecule has 5 nitrogen and oxygen atoms in total. The van der Waals surface area contributed by atoms with E-state index >= 15 is 0 Å². The van der Waals surface area contributed by atoms with Crippen LogP contribution in [0, 0.1) is 0 Å². The maximum atomic E-state index is 9.26. The van der Waals surface area contributed by atoms with Crippen molar-refractivity contribution in [1.29, 1.82) is 0 Å². The molecule has 0 aromatic heterocycles. The first-order chi connectivity index (χ1) is 5.63. The minimum Gasteiger partial charge on any atom is -0.395 e. The van der Waals surface area contributed by atoms with E-state index in [1.54, 1.807) is 0 Å². The third-order valence-corrected chi connectivity index (χ3v) is 1.62. The van der Waals surface area contributed by atoms with Crippen molar-refractivity contribution < 1.29 is 20.4 Å². The second kappa shape index (κ2) is 6.33. The summed E-state index contributed by atoms with van der Waals surface area (Å²) in [5, 5.41) is 38.1. The molecule has 5 N–H and O–H groups in total. The minimum absolute atomic E-state index is 0.0664. The predicted octanol–water partition coefficient (Wildman–Crippen LogP) is -2.33.